The monoisotopic (exact) mass is 333 g/mol. The molecule has 0 aliphatic carbocycles. The molecule has 5 nitrogen and oxygen atoms in total. The minimum Gasteiger partial charge on any atom is -0.493 e. The van der Waals surface area contributed by atoms with Crippen molar-refractivity contribution in [3.63, 3.8) is 0 Å². The van der Waals surface area contributed by atoms with Crippen molar-refractivity contribution in [1.29, 1.82) is 0 Å². The smallest absolute Gasteiger partial charge is 0.188 e. The summed E-state index contributed by atoms with van der Waals surface area (Å²) in [7, 11) is 0. The number of morpholine rings is 1. The second-order valence-corrected chi connectivity index (χ2v) is 5.91. The molecule has 1 N–H and O–H groups in total. The molecular formula is C19H27NO4. The number of rotatable bonds is 10. The first-order valence-corrected chi connectivity index (χ1v) is 8.55. The van der Waals surface area contributed by atoms with Crippen LogP contribution in [0.1, 0.15) is 28.8 Å². The van der Waals surface area contributed by atoms with Crippen molar-refractivity contribution < 1.29 is 19.4 Å². The molecule has 1 aliphatic rings. The quantitative estimate of drug-likeness (QED) is 0.404. The Morgan fingerprint density at radius 3 is 2.83 bits per heavy atom. The van der Waals surface area contributed by atoms with Crippen molar-refractivity contribution in [2.24, 2.45) is 0 Å². The van der Waals surface area contributed by atoms with E-state index in [2.05, 4.69) is 11.5 Å². The third-order valence-corrected chi connectivity index (χ3v) is 4.12. The van der Waals surface area contributed by atoms with E-state index in [1.807, 2.05) is 6.07 Å². The van der Waals surface area contributed by atoms with Gasteiger partial charge in [0.05, 0.1) is 19.8 Å². The highest BCUT2D eigenvalue weighted by molar-refractivity contribution is 5.97. The first-order valence-electron chi connectivity index (χ1n) is 8.55. The molecule has 0 saturated carbocycles. The number of aliphatic hydroxyl groups excluding tert-OH is 1. The van der Waals surface area contributed by atoms with Crippen LogP contribution in [0.4, 0.5) is 0 Å². The number of ketones is 1. The van der Waals surface area contributed by atoms with Gasteiger partial charge in [-0.05, 0) is 49.6 Å². The van der Waals surface area contributed by atoms with Crippen molar-refractivity contribution in [3.05, 3.63) is 42.0 Å². The zero-order valence-electron chi connectivity index (χ0n) is 14.2. The van der Waals surface area contributed by atoms with Crippen LogP contribution >= 0.6 is 0 Å². The van der Waals surface area contributed by atoms with Gasteiger partial charge in [0.15, 0.2) is 5.78 Å². The summed E-state index contributed by atoms with van der Waals surface area (Å²) in [5.41, 5.74) is 1.44. The van der Waals surface area contributed by atoms with Crippen LogP contribution in [-0.4, -0.2) is 61.9 Å². The van der Waals surface area contributed by atoms with Crippen molar-refractivity contribution in [3.8, 4) is 5.75 Å². The summed E-state index contributed by atoms with van der Waals surface area (Å²) in [5, 5.41) is 8.97. The number of unbranched alkanes of at least 4 members (excludes halogenated alkanes) is 1. The average molecular weight is 333 g/mol. The Morgan fingerprint density at radius 2 is 2.12 bits per heavy atom. The number of hydrogen-bond donors (Lipinski definition) is 1. The number of allylic oxidation sites excluding steroid dienone is 1. The molecule has 0 radical (unpaired) electrons. The number of carbonyl (C=O) groups is 1. The van der Waals surface area contributed by atoms with Gasteiger partial charge in [-0.3, -0.25) is 9.69 Å². The zero-order chi connectivity index (χ0) is 17.2. The number of ether oxygens (including phenoxy) is 2. The molecule has 0 bridgehead atoms. The molecule has 5 heteroatoms. The normalized spacial score (nSPS) is 15.2. The minimum absolute atomic E-state index is 0.280. The predicted molar refractivity (Wildman–Crippen MR) is 93.7 cm³/mol. The summed E-state index contributed by atoms with van der Waals surface area (Å²) in [6.45, 7) is 8.71. The third-order valence-electron chi connectivity index (χ3n) is 4.12. The highest BCUT2D eigenvalue weighted by Crippen LogP contribution is 2.22. The summed E-state index contributed by atoms with van der Waals surface area (Å²) < 4.78 is 11.2. The maximum atomic E-state index is 11.6. The van der Waals surface area contributed by atoms with Crippen LogP contribution in [0.2, 0.25) is 0 Å². The van der Waals surface area contributed by atoms with Gasteiger partial charge in [0, 0.05) is 18.7 Å². The lowest BCUT2D eigenvalue weighted by atomic mass is 10.0. The highest BCUT2D eigenvalue weighted by atomic mass is 16.5. The molecule has 1 fully saturated rings. The predicted octanol–water partition coefficient (Wildman–Crippen LogP) is 2.08. The van der Waals surface area contributed by atoms with Gasteiger partial charge in [0.2, 0.25) is 0 Å². The van der Waals surface area contributed by atoms with E-state index in [1.165, 1.54) is 0 Å². The van der Waals surface area contributed by atoms with Gasteiger partial charge in [-0.25, -0.2) is 0 Å². The molecule has 1 aliphatic heterocycles. The Hall–Kier alpha value is -1.69. The van der Waals surface area contributed by atoms with E-state index < -0.39 is 6.61 Å². The van der Waals surface area contributed by atoms with Crippen molar-refractivity contribution >= 4 is 5.78 Å². The summed E-state index contributed by atoms with van der Waals surface area (Å²) >= 11 is 0. The lowest BCUT2D eigenvalue weighted by Gasteiger charge is -2.26. The number of nitrogens with zero attached hydrogens (tertiary/aromatic N) is 1. The lowest BCUT2D eigenvalue weighted by molar-refractivity contribution is 0.0368. The molecule has 0 amide bonds. The highest BCUT2D eigenvalue weighted by Gasteiger charge is 2.11. The molecule has 24 heavy (non-hydrogen) atoms. The Labute approximate surface area is 143 Å². The third kappa shape index (κ3) is 5.74. The fourth-order valence-electron chi connectivity index (χ4n) is 2.74. The first kappa shape index (κ1) is 18.6. The summed E-state index contributed by atoms with van der Waals surface area (Å²) in [4.78, 5) is 14.0. The van der Waals surface area contributed by atoms with Crippen molar-refractivity contribution in [2.45, 2.75) is 19.3 Å². The van der Waals surface area contributed by atoms with Gasteiger partial charge in [0.25, 0.3) is 0 Å². The van der Waals surface area contributed by atoms with E-state index in [9.17, 15) is 4.79 Å². The standard InChI is InChI=1S/C19H27NO4/c1-2-5-17-14-16(18(22)15-21)6-7-19(17)24-11-4-3-8-20-9-12-23-13-10-20/h2,6-7,14,21H,1,3-5,8-13,15H2. The molecule has 132 valence electrons. The van der Waals surface area contributed by atoms with Crippen LogP contribution in [0, 0.1) is 0 Å². The molecule has 0 unspecified atom stereocenters. The van der Waals surface area contributed by atoms with Crippen LogP contribution in [0.3, 0.4) is 0 Å². The summed E-state index contributed by atoms with van der Waals surface area (Å²) in [6, 6.07) is 5.29. The SMILES string of the molecule is C=CCc1cc(C(=O)CO)ccc1OCCCCN1CCOCC1. The number of carbonyl (C=O) groups excluding carboxylic acids is 1. The number of benzene rings is 1. The van der Waals surface area contributed by atoms with Crippen LogP contribution < -0.4 is 4.74 Å². The van der Waals surface area contributed by atoms with Crippen LogP contribution in [-0.2, 0) is 11.2 Å². The van der Waals surface area contributed by atoms with E-state index in [0.717, 1.165) is 57.0 Å². The molecular weight excluding hydrogens is 306 g/mol. The largest absolute Gasteiger partial charge is 0.493 e. The van der Waals surface area contributed by atoms with Gasteiger partial charge >= 0.3 is 0 Å². The Morgan fingerprint density at radius 1 is 1.33 bits per heavy atom. The van der Waals surface area contributed by atoms with Gasteiger partial charge in [-0.15, -0.1) is 6.58 Å². The molecule has 1 aromatic rings. The molecule has 1 aromatic carbocycles. The van der Waals surface area contributed by atoms with E-state index in [-0.39, 0.29) is 5.78 Å². The maximum Gasteiger partial charge on any atom is 0.188 e. The van der Waals surface area contributed by atoms with Crippen LogP contribution in [0.5, 0.6) is 5.75 Å². The van der Waals surface area contributed by atoms with Gasteiger partial charge in [-0.2, -0.15) is 0 Å². The molecule has 0 atom stereocenters. The van der Waals surface area contributed by atoms with Gasteiger partial charge in [-0.1, -0.05) is 6.08 Å². The Balaban J connectivity index is 1.80. The summed E-state index contributed by atoms with van der Waals surface area (Å²) in [5.74, 6) is 0.508. The Bertz CT molecular complexity index is 538. The molecule has 1 heterocycles. The number of hydrogen-bond acceptors (Lipinski definition) is 5. The van der Waals surface area contributed by atoms with E-state index in [0.29, 0.717) is 18.6 Å². The van der Waals surface area contributed by atoms with E-state index in [1.54, 1.807) is 18.2 Å². The van der Waals surface area contributed by atoms with Crippen molar-refractivity contribution in [1.82, 2.24) is 4.90 Å². The van der Waals surface area contributed by atoms with Crippen molar-refractivity contribution in [2.75, 3.05) is 46.1 Å². The van der Waals surface area contributed by atoms with Gasteiger partial charge < -0.3 is 14.6 Å². The number of Topliss-reactive ketones (excluding diaryl/α,β-unsaturated/α-hetero) is 1. The van der Waals surface area contributed by atoms with Crippen LogP contribution in [0.25, 0.3) is 0 Å². The first-order chi connectivity index (χ1) is 11.7. The number of aliphatic hydroxyl groups is 1. The Kier molecular flexibility index (Phi) is 7.95. The molecule has 0 aromatic heterocycles. The second-order valence-electron chi connectivity index (χ2n) is 5.91. The zero-order valence-corrected chi connectivity index (χ0v) is 14.2. The molecule has 2 rings (SSSR count). The summed E-state index contributed by atoms with van der Waals surface area (Å²) in [6.07, 6.45) is 4.50. The molecule has 0 spiro atoms. The fraction of sp³-hybridized carbons (Fsp3) is 0.526. The van der Waals surface area contributed by atoms with E-state index >= 15 is 0 Å². The van der Waals surface area contributed by atoms with E-state index in [4.69, 9.17) is 14.6 Å². The lowest BCUT2D eigenvalue weighted by Crippen LogP contribution is -2.36. The fourth-order valence-corrected chi connectivity index (χ4v) is 2.74. The maximum absolute atomic E-state index is 11.6. The average Bonchev–Trinajstić information content (AvgIpc) is 2.63. The topological polar surface area (TPSA) is 59.0 Å². The van der Waals surface area contributed by atoms with Crippen LogP contribution in [0.15, 0.2) is 30.9 Å². The second kappa shape index (κ2) is 10.2. The minimum atomic E-state index is -0.477. The molecule has 1 saturated heterocycles. The van der Waals surface area contributed by atoms with Gasteiger partial charge in [0.1, 0.15) is 12.4 Å².